The summed E-state index contributed by atoms with van der Waals surface area (Å²) >= 11 is 0. The molecule has 32 heavy (non-hydrogen) atoms. The minimum Gasteiger partial charge on any atom is -0.405 e. The van der Waals surface area contributed by atoms with Crippen molar-refractivity contribution in [3.05, 3.63) is 78.2 Å². The van der Waals surface area contributed by atoms with Crippen LogP contribution < -0.4 is 4.74 Å². The quantitative estimate of drug-likeness (QED) is 0.615. The van der Waals surface area contributed by atoms with Crippen molar-refractivity contribution in [2.24, 2.45) is 0 Å². The molecule has 1 aliphatic heterocycles. The second-order valence-corrected chi connectivity index (χ2v) is 7.31. The number of para-hydroxylation sites is 1. The second-order valence-electron chi connectivity index (χ2n) is 7.31. The lowest BCUT2D eigenvalue weighted by Gasteiger charge is -2.37. The molecule has 0 radical (unpaired) electrons. The molecule has 2 atom stereocenters. The Morgan fingerprint density at radius 3 is 2.47 bits per heavy atom. The van der Waals surface area contributed by atoms with Crippen LogP contribution in [0.2, 0.25) is 0 Å². The number of pyridine rings is 2. The zero-order chi connectivity index (χ0) is 22.6. The first kappa shape index (κ1) is 22.2. The van der Waals surface area contributed by atoms with Crippen molar-refractivity contribution >= 4 is 0 Å². The summed E-state index contributed by atoms with van der Waals surface area (Å²) in [6.07, 6.45) is -1.13. The number of alkyl halides is 3. The summed E-state index contributed by atoms with van der Waals surface area (Å²) in [5, 5.41) is 11.5. The molecular weight excluding hydrogens is 423 g/mol. The van der Waals surface area contributed by atoms with Crippen molar-refractivity contribution in [2.45, 2.75) is 18.5 Å². The van der Waals surface area contributed by atoms with Gasteiger partial charge in [0.15, 0.2) is 0 Å². The molecule has 3 heterocycles. The van der Waals surface area contributed by atoms with Gasteiger partial charge in [0, 0.05) is 42.8 Å². The van der Waals surface area contributed by atoms with Gasteiger partial charge < -0.3 is 14.6 Å². The van der Waals surface area contributed by atoms with Crippen molar-refractivity contribution < 1.29 is 27.8 Å². The maximum Gasteiger partial charge on any atom is 0.573 e. The minimum atomic E-state index is -4.85. The molecule has 3 aromatic rings. The Morgan fingerprint density at radius 1 is 1.00 bits per heavy atom. The average molecular weight is 445 g/mol. The highest BCUT2D eigenvalue weighted by Crippen LogP contribution is 2.41. The number of ether oxygens (including phenoxy) is 2. The van der Waals surface area contributed by atoms with Crippen LogP contribution in [0.1, 0.15) is 23.3 Å². The summed E-state index contributed by atoms with van der Waals surface area (Å²) < 4.78 is 48.6. The van der Waals surface area contributed by atoms with Crippen LogP contribution >= 0.6 is 0 Å². The molecule has 1 fully saturated rings. The normalized spacial score (nSPS) is 17.0. The number of aliphatic hydroxyl groups is 1. The number of aliphatic hydroxyl groups excluding tert-OH is 1. The number of nitrogens with zero attached hydrogens (tertiary/aromatic N) is 3. The number of rotatable bonds is 6. The fourth-order valence-corrected chi connectivity index (χ4v) is 3.93. The van der Waals surface area contributed by atoms with Gasteiger partial charge in [-0.3, -0.25) is 14.9 Å². The van der Waals surface area contributed by atoms with Crippen LogP contribution in [0, 0.1) is 0 Å². The van der Waals surface area contributed by atoms with Crippen LogP contribution in [0.25, 0.3) is 11.3 Å². The smallest absolute Gasteiger partial charge is 0.405 e. The highest BCUT2D eigenvalue weighted by molar-refractivity contribution is 5.70. The summed E-state index contributed by atoms with van der Waals surface area (Å²) in [5.41, 5.74) is 1.55. The Balaban J connectivity index is 1.77. The van der Waals surface area contributed by atoms with E-state index in [2.05, 4.69) is 19.6 Å². The van der Waals surface area contributed by atoms with Crippen LogP contribution in [0.5, 0.6) is 5.75 Å². The average Bonchev–Trinajstić information content (AvgIpc) is 2.80. The van der Waals surface area contributed by atoms with Crippen molar-refractivity contribution in [2.75, 3.05) is 26.3 Å². The van der Waals surface area contributed by atoms with Crippen molar-refractivity contribution in [3.8, 4) is 17.0 Å². The highest BCUT2D eigenvalue weighted by Gasteiger charge is 2.35. The van der Waals surface area contributed by atoms with Crippen molar-refractivity contribution in [1.82, 2.24) is 14.9 Å². The van der Waals surface area contributed by atoms with Crippen LogP contribution in [0.4, 0.5) is 13.2 Å². The topological polar surface area (TPSA) is 67.7 Å². The zero-order valence-corrected chi connectivity index (χ0v) is 17.1. The van der Waals surface area contributed by atoms with Gasteiger partial charge in [-0.15, -0.1) is 13.2 Å². The molecule has 0 bridgehead atoms. The van der Waals surface area contributed by atoms with Crippen LogP contribution in [0.3, 0.4) is 0 Å². The largest absolute Gasteiger partial charge is 0.573 e. The Kier molecular flexibility index (Phi) is 6.69. The number of hydrogen-bond donors (Lipinski definition) is 1. The Bertz CT molecular complexity index is 1030. The first-order valence-corrected chi connectivity index (χ1v) is 10.1. The molecule has 9 heteroatoms. The lowest BCUT2D eigenvalue weighted by Crippen LogP contribution is -2.41. The van der Waals surface area contributed by atoms with E-state index >= 15 is 0 Å². The molecule has 1 aromatic carbocycles. The molecule has 168 valence electrons. The molecule has 0 amide bonds. The molecule has 0 saturated carbocycles. The van der Waals surface area contributed by atoms with E-state index in [1.165, 1.54) is 24.4 Å². The molecule has 0 unspecified atom stereocenters. The highest BCUT2D eigenvalue weighted by atomic mass is 19.4. The Morgan fingerprint density at radius 2 is 1.75 bits per heavy atom. The van der Waals surface area contributed by atoms with Crippen molar-refractivity contribution in [1.29, 1.82) is 0 Å². The molecule has 1 aliphatic rings. The van der Waals surface area contributed by atoms with Gasteiger partial charge in [0.05, 0.1) is 24.9 Å². The summed E-state index contributed by atoms with van der Waals surface area (Å²) in [6.45, 7) is 2.23. The third-order valence-corrected chi connectivity index (χ3v) is 5.29. The molecule has 6 nitrogen and oxygen atoms in total. The lowest BCUT2D eigenvalue weighted by atomic mass is 9.92. The van der Waals surface area contributed by atoms with Gasteiger partial charge in [0.2, 0.25) is 0 Å². The van der Waals surface area contributed by atoms with Gasteiger partial charge in [-0.05, 0) is 29.8 Å². The third kappa shape index (κ3) is 5.07. The van der Waals surface area contributed by atoms with Crippen molar-refractivity contribution in [3.63, 3.8) is 0 Å². The van der Waals surface area contributed by atoms with Gasteiger partial charge in [0.25, 0.3) is 0 Å². The molecule has 2 aromatic heterocycles. The van der Waals surface area contributed by atoms with Gasteiger partial charge >= 0.3 is 6.36 Å². The molecule has 0 aliphatic carbocycles. The maximum atomic E-state index is 13.0. The predicted molar refractivity (Wildman–Crippen MR) is 111 cm³/mol. The van der Waals surface area contributed by atoms with Gasteiger partial charge in [-0.2, -0.15) is 0 Å². The first-order valence-electron chi connectivity index (χ1n) is 10.1. The van der Waals surface area contributed by atoms with E-state index in [1.54, 1.807) is 36.7 Å². The van der Waals surface area contributed by atoms with Gasteiger partial charge in [-0.1, -0.05) is 24.3 Å². The summed E-state index contributed by atoms with van der Waals surface area (Å²) in [6, 6.07) is 12.3. The predicted octanol–water partition coefficient (Wildman–Crippen LogP) is 4.15. The van der Waals surface area contributed by atoms with Gasteiger partial charge in [-0.25, -0.2) is 0 Å². The molecule has 1 saturated heterocycles. The van der Waals surface area contributed by atoms with Crippen LogP contribution in [-0.2, 0) is 4.74 Å². The fraction of sp³-hybridized carbons (Fsp3) is 0.304. The van der Waals surface area contributed by atoms with E-state index in [0.29, 0.717) is 31.9 Å². The first-order chi connectivity index (χ1) is 15.4. The van der Waals surface area contributed by atoms with E-state index < -0.39 is 18.5 Å². The summed E-state index contributed by atoms with van der Waals surface area (Å²) in [5.74, 6) is -0.378. The van der Waals surface area contributed by atoms with E-state index in [-0.39, 0.29) is 17.0 Å². The Labute approximate surface area is 183 Å². The summed E-state index contributed by atoms with van der Waals surface area (Å²) in [4.78, 5) is 10.6. The SMILES string of the molecule is O[C@H](c1cccnc1-c1ccccc1OC(F)(F)F)[C@H](c1cccnc1)N1CCOCC1. The van der Waals surface area contributed by atoms with E-state index in [1.807, 2.05) is 6.07 Å². The monoisotopic (exact) mass is 445 g/mol. The van der Waals surface area contributed by atoms with Crippen LogP contribution in [-0.4, -0.2) is 52.6 Å². The van der Waals surface area contributed by atoms with E-state index in [4.69, 9.17) is 4.74 Å². The second kappa shape index (κ2) is 9.64. The summed E-state index contributed by atoms with van der Waals surface area (Å²) in [7, 11) is 0. The maximum absolute atomic E-state index is 13.0. The molecular formula is C23H22F3N3O3. The van der Waals surface area contributed by atoms with E-state index in [0.717, 1.165) is 5.56 Å². The molecule has 0 spiro atoms. The Hall–Kier alpha value is -3.01. The third-order valence-electron chi connectivity index (χ3n) is 5.29. The zero-order valence-electron chi connectivity index (χ0n) is 17.1. The lowest BCUT2D eigenvalue weighted by molar-refractivity contribution is -0.274. The standard InChI is InChI=1S/C23H22F3N3O3/c24-23(25,26)32-19-8-2-1-6-17(19)20-18(7-4-10-28-20)22(30)21(16-5-3-9-27-15-16)29-11-13-31-14-12-29/h1-10,15,21-22,30H,11-14H2/t21-,22+/m0/s1. The van der Waals surface area contributed by atoms with E-state index in [9.17, 15) is 18.3 Å². The minimum absolute atomic E-state index is 0.145. The fourth-order valence-electron chi connectivity index (χ4n) is 3.93. The number of hydrogen-bond acceptors (Lipinski definition) is 6. The molecule has 4 rings (SSSR count). The number of halogens is 3. The number of morpholine rings is 1. The van der Waals surface area contributed by atoms with Crippen LogP contribution in [0.15, 0.2) is 67.1 Å². The molecule has 1 N–H and O–H groups in total. The number of benzene rings is 1. The van der Waals surface area contributed by atoms with Gasteiger partial charge in [0.1, 0.15) is 11.9 Å². The number of aromatic nitrogens is 2.